The number of carbonyl (C=O) groups is 1. The lowest BCUT2D eigenvalue weighted by molar-refractivity contribution is 0.254. The number of benzene rings is 2. The van der Waals surface area contributed by atoms with Crippen LogP contribution in [0.2, 0.25) is 0 Å². The normalized spacial score (nSPS) is 10.3. The van der Waals surface area contributed by atoms with E-state index in [0.29, 0.717) is 17.4 Å². The molecule has 2 aromatic carbocycles. The molecule has 0 saturated carbocycles. The van der Waals surface area contributed by atoms with Gasteiger partial charge in [0, 0.05) is 19.2 Å². The monoisotopic (exact) mass is 312 g/mol. The second kappa shape index (κ2) is 6.27. The van der Waals surface area contributed by atoms with Gasteiger partial charge in [-0.1, -0.05) is 6.07 Å². The highest BCUT2D eigenvalue weighted by molar-refractivity contribution is 5.89. The Morgan fingerprint density at radius 2 is 1.91 bits per heavy atom. The van der Waals surface area contributed by atoms with E-state index in [4.69, 9.17) is 9.47 Å². The van der Waals surface area contributed by atoms with Crippen LogP contribution in [0.5, 0.6) is 17.2 Å². The van der Waals surface area contributed by atoms with Crippen LogP contribution in [0, 0.1) is 0 Å². The minimum atomic E-state index is -0.336. The zero-order valence-electron chi connectivity index (χ0n) is 12.7. The Morgan fingerprint density at radius 3 is 2.70 bits per heavy atom. The molecule has 0 fully saturated rings. The van der Waals surface area contributed by atoms with Crippen LogP contribution in [0.4, 0.5) is 10.7 Å². The van der Waals surface area contributed by atoms with Crippen molar-refractivity contribution in [1.82, 2.24) is 15.3 Å². The van der Waals surface area contributed by atoms with Crippen molar-refractivity contribution >= 4 is 23.0 Å². The Morgan fingerprint density at radius 1 is 1.13 bits per heavy atom. The maximum absolute atomic E-state index is 11.3. The van der Waals surface area contributed by atoms with Crippen LogP contribution in [0.15, 0.2) is 42.5 Å². The quantitative estimate of drug-likeness (QED) is 0.690. The van der Waals surface area contributed by atoms with Crippen LogP contribution in [0.25, 0.3) is 11.0 Å². The molecule has 3 aromatic rings. The number of methoxy groups -OCH3 is 1. The van der Waals surface area contributed by atoms with E-state index >= 15 is 0 Å². The van der Waals surface area contributed by atoms with Gasteiger partial charge in [-0.05, 0) is 24.3 Å². The summed E-state index contributed by atoms with van der Waals surface area (Å²) in [7, 11) is 3.15. The molecular formula is C16H16N4O3. The molecule has 1 aromatic heterocycles. The molecule has 118 valence electrons. The van der Waals surface area contributed by atoms with Crippen molar-refractivity contribution in [3.8, 4) is 17.2 Å². The van der Waals surface area contributed by atoms with E-state index in [9.17, 15) is 4.79 Å². The summed E-state index contributed by atoms with van der Waals surface area (Å²) >= 11 is 0. The third-order valence-corrected chi connectivity index (χ3v) is 3.19. The number of nitrogens with zero attached hydrogens (tertiary/aromatic N) is 1. The summed E-state index contributed by atoms with van der Waals surface area (Å²) in [4.78, 5) is 18.6. The Balaban J connectivity index is 1.83. The van der Waals surface area contributed by atoms with Crippen molar-refractivity contribution in [1.29, 1.82) is 0 Å². The number of hydrogen-bond donors (Lipinski definition) is 3. The molecule has 23 heavy (non-hydrogen) atoms. The molecular weight excluding hydrogens is 296 g/mol. The van der Waals surface area contributed by atoms with E-state index in [1.807, 2.05) is 36.4 Å². The predicted molar refractivity (Wildman–Crippen MR) is 87.2 cm³/mol. The lowest BCUT2D eigenvalue weighted by Gasteiger charge is -2.07. The van der Waals surface area contributed by atoms with Crippen molar-refractivity contribution in [2.24, 2.45) is 0 Å². The van der Waals surface area contributed by atoms with Gasteiger partial charge in [0.05, 0.1) is 18.1 Å². The number of amides is 2. The predicted octanol–water partition coefficient (Wildman–Crippen LogP) is 3.12. The van der Waals surface area contributed by atoms with Gasteiger partial charge in [0.25, 0.3) is 0 Å². The standard InChI is InChI=1S/C16H16N4O3/c1-17-16(21)20-15-18-13-7-6-12(9-14(13)19-15)23-11-5-3-4-10(8-11)22-2/h3-9H,1-2H3,(H3,17,18,19,20,21). The largest absolute Gasteiger partial charge is 0.497 e. The number of imidazole rings is 1. The van der Waals surface area contributed by atoms with Gasteiger partial charge in [-0.25, -0.2) is 9.78 Å². The highest BCUT2D eigenvalue weighted by Gasteiger charge is 2.07. The molecule has 1 heterocycles. The minimum Gasteiger partial charge on any atom is -0.497 e. The smallest absolute Gasteiger partial charge is 0.321 e. The lowest BCUT2D eigenvalue weighted by Crippen LogP contribution is -2.24. The van der Waals surface area contributed by atoms with Gasteiger partial charge < -0.3 is 19.8 Å². The van der Waals surface area contributed by atoms with E-state index in [2.05, 4.69) is 20.6 Å². The molecule has 2 amide bonds. The third-order valence-electron chi connectivity index (χ3n) is 3.19. The molecule has 0 atom stereocenters. The van der Waals surface area contributed by atoms with Crippen LogP contribution >= 0.6 is 0 Å². The second-order valence-corrected chi connectivity index (χ2v) is 4.75. The molecule has 0 radical (unpaired) electrons. The summed E-state index contributed by atoms with van der Waals surface area (Å²) in [5, 5.41) is 5.06. The summed E-state index contributed by atoms with van der Waals surface area (Å²) in [6.45, 7) is 0. The second-order valence-electron chi connectivity index (χ2n) is 4.75. The van der Waals surface area contributed by atoms with Crippen molar-refractivity contribution in [2.75, 3.05) is 19.5 Å². The van der Waals surface area contributed by atoms with Gasteiger partial charge in [0.2, 0.25) is 5.95 Å². The highest BCUT2D eigenvalue weighted by atomic mass is 16.5. The molecule has 0 unspecified atom stereocenters. The summed E-state index contributed by atoms with van der Waals surface area (Å²) < 4.78 is 11.0. The van der Waals surface area contributed by atoms with Crippen LogP contribution in [0.1, 0.15) is 0 Å². The van der Waals surface area contributed by atoms with Crippen molar-refractivity contribution in [3.63, 3.8) is 0 Å². The summed E-state index contributed by atoms with van der Waals surface area (Å²) in [6, 6.07) is 12.5. The van der Waals surface area contributed by atoms with E-state index in [1.54, 1.807) is 13.2 Å². The van der Waals surface area contributed by atoms with Crippen LogP contribution in [-0.2, 0) is 0 Å². The maximum atomic E-state index is 11.3. The Hall–Kier alpha value is -3.22. The number of anilines is 1. The number of aromatic amines is 1. The molecule has 0 saturated heterocycles. The van der Waals surface area contributed by atoms with Gasteiger partial charge in [0.1, 0.15) is 17.2 Å². The number of fused-ring (bicyclic) bond motifs is 1. The molecule has 0 aliphatic rings. The molecule has 7 nitrogen and oxygen atoms in total. The topological polar surface area (TPSA) is 88.3 Å². The first-order chi connectivity index (χ1) is 11.2. The number of carbonyl (C=O) groups excluding carboxylic acids is 1. The number of ether oxygens (including phenoxy) is 2. The number of nitrogens with one attached hydrogen (secondary N) is 3. The van der Waals surface area contributed by atoms with Gasteiger partial charge >= 0.3 is 6.03 Å². The van der Waals surface area contributed by atoms with E-state index in [0.717, 1.165) is 16.8 Å². The fourth-order valence-corrected chi connectivity index (χ4v) is 2.08. The SMILES string of the molecule is CNC(=O)Nc1nc2ccc(Oc3cccc(OC)c3)cc2[nH]1. The Labute approximate surface area is 132 Å². The minimum absolute atomic E-state index is 0.336. The molecule has 0 spiro atoms. The third kappa shape index (κ3) is 3.34. The molecule has 0 aliphatic carbocycles. The fourth-order valence-electron chi connectivity index (χ4n) is 2.08. The van der Waals surface area contributed by atoms with Gasteiger partial charge in [0.15, 0.2) is 0 Å². The number of urea groups is 1. The van der Waals surface area contributed by atoms with Gasteiger partial charge in [-0.2, -0.15) is 0 Å². The van der Waals surface area contributed by atoms with E-state index in [-0.39, 0.29) is 6.03 Å². The zero-order valence-corrected chi connectivity index (χ0v) is 12.7. The van der Waals surface area contributed by atoms with Crippen LogP contribution in [0.3, 0.4) is 0 Å². The maximum Gasteiger partial charge on any atom is 0.321 e. The molecule has 3 N–H and O–H groups in total. The molecule has 3 rings (SSSR count). The van der Waals surface area contributed by atoms with Gasteiger partial charge in [-0.15, -0.1) is 0 Å². The number of H-pyrrole nitrogens is 1. The summed E-state index contributed by atoms with van der Waals surface area (Å²) in [5.74, 6) is 2.42. The number of hydrogen-bond acceptors (Lipinski definition) is 4. The summed E-state index contributed by atoms with van der Waals surface area (Å²) in [5.41, 5.74) is 1.49. The fraction of sp³-hybridized carbons (Fsp3) is 0.125. The van der Waals surface area contributed by atoms with E-state index in [1.165, 1.54) is 7.05 Å². The first-order valence-electron chi connectivity index (χ1n) is 6.98. The average molecular weight is 312 g/mol. The lowest BCUT2D eigenvalue weighted by atomic mass is 10.3. The molecule has 0 bridgehead atoms. The molecule has 0 aliphatic heterocycles. The Kier molecular flexibility index (Phi) is 4.01. The number of aromatic nitrogens is 2. The van der Waals surface area contributed by atoms with Crippen LogP contribution < -0.4 is 20.1 Å². The van der Waals surface area contributed by atoms with Crippen molar-refractivity contribution in [2.45, 2.75) is 0 Å². The zero-order chi connectivity index (χ0) is 16.2. The molecule has 7 heteroatoms. The Bertz CT molecular complexity index is 844. The first-order valence-corrected chi connectivity index (χ1v) is 6.98. The average Bonchev–Trinajstić information content (AvgIpc) is 2.96. The van der Waals surface area contributed by atoms with Gasteiger partial charge in [-0.3, -0.25) is 5.32 Å². The van der Waals surface area contributed by atoms with Crippen molar-refractivity contribution < 1.29 is 14.3 Å². The number of rotatable bonds is 4. The highest BCUT2D eigenvalue weighted by Crippen LogP contribution is 2.27. The summed E-state index contributed by atoms with van der Waals surface area (Å²) in [6.07, 6.45) is 0. The van der Waals surface area contributed by atoms with E-state index < -0.39 is 0 Å². The van der Waals surface area contributed by atoms with Crippen molar-refractivity contribution in [3.05, 3.63) is 42.5 Å². The van der Waals surface area contributed by atoms with Crippen LogP contribution in [-0.4, -0.2) is 30.2 Å². The first kappa shape index (κ1) is 14.7.